The molecule has 2 aromatic rings. The van der Waals surface area contributed by atoms with Crippen molar-refractivity contribution in [1.82, 2.24) is 9.97 Å². The molecule has 0 bridgehead atoms. The van der Waals surface area contributed by atoms with Gasteiger partial charge in [0, 0.05) is 16.5 Å². The molecular weight excluding hydrogens is 304 g/mol. The highest BCUT2D eigenvalue weighted by molar-refractivity contribution is 9.10. The third-order valence-electron chi connectivity index (χ3n) is 3.16. The van der Waals surface area contributed by atoms with E-state index in [-0.39, 0.29) is 0 Å². The first kappa shape index (κ1) is 12.4. The molecule has 1 aliphatic carbocycles. The molecule has 1 fully saturated rings. The summed E-state index contributed by atoms with van der Waals surface area (Å²) in [5, 5.41) is 3.30. The van der Waals surface area contributed by atoms with Crippen LogP contribution in [0, 0.1) is 6.92 Å². The summed E-state index contributed by atoms with van der Waals surface area (Å²) in [5.41, 5.74) is 8.01. The minimum atomic E-state index is 0.491. The normalized spacial score (nSPS) is 14.4. The van der Waals surface area contributed by atoms with E-state index < -0.39 is 0 Å². The fourth-order valence-electron chi connectivity index (χ4n) is 1.96. The lowest BCUT2D eigenvalue weighted by Gasteiger charge is -2.11. The average molecular weight is 319 g/mol. The standard InChI is InChI=1S/C14H15BrN4/c1-8-3-2-4-10(13(8)15)17-12-7-11(16)18-14(19-12)9-5-6-9/h2-4,7,9H,5-6H2,1H3,(H3,16,17,18,19). The van der Waals surface area contributed by atoms with Crippen LogP contribution in [0.1, 0.15) is 30.1 Å². The van der Waals surface area contributed by atoms with Crippen LogP contribution in [0.25, 0.3) is 0 Å². The van der Waals surface area contributed by atoms with E-state index in [0.717, 1.165) is 34.6 Å². The van der Waals surface area contributed by atoms with Crippen molar-refractivity contribution in [2.45, 2.75) is 25.7 Å². The molecule has 4 nitrogen and oxygen atoms in total. The Bertz CT molecular complexity index is 623. The zero-order chi connectivity index (χ0) is 13.4. The second-order valence-corrected chi connectivity index (χ2v) is 5.66. The summed E-state index contributed by atoms with van der Waals surface area (Å²) in [4.78, 5) is 8.83. The monoisotopic (exact) mass is 318 g/mol. The maximum Gasteiger partial charge on any atom is 0.136 e. The molecule has 0 aliphatic heterocycles. The van der Waals surface area contributed by atoms with Gasteiger partial charge in [0.05, 0.1) is 5.69 Å². The number of hydrogen-bond acceptors (Lipinski definition) is 4. The molecule has 19 heavy (non-hydrogen) atoms. The highest BCUT2D eigenvalue weighted by Crippen LogP contribution is 2.39. The van der Waals surface area contributed by atoms with Gasteiger partial charge in [0.1, 0.15) is 17.5 Å². The molecular formula is C14H15BrN4. The maximum atomic E-state index is 5.84. The lowest BCUT2D eigenvalue weighted by molar-refractivity contribution is 0.936. The molecule has 0 radical (unpaired) electrons. The van der Waals surface area contributed by atoms with E-state index in [1.165, 1.54) is 5.56 Å². The predicted molar refractivity (Wildman–Crippen MR) is 80.6 cm³/mol. The second kappa shape index (κ2) is 4.81. The second-order valence-electron chi connectivity index (χ2n) is 4.87. The van der Waals surface area contributed by atoms with Crippen molar-refractivity contribution in [3.8, 4) is 0 Å². The number of anilines is 3. The molecule has 0 unspecified atom stereocenters. The molecule has 98 valence electrons. The van der Waals surface area contributed by atoms with E-state index in [4.69, 9.17) is 5.73 Å². The Labute approximate surface area is 120 Å². The summed E-state index contributed by atoms with van der Waals surface area (Å²) in [5.74, 6) is 2.61. The zero-order valence-corrected chi connectivity index (χ0v) is 12.2. The molecule has 1 aliphatic rings. The van der Waals surface area contributed by atoms with Crippen molar-refractivity contribution in [3.63, 3.8) is 0 Å². The van der Waals surface area contributed by atoms with Gasteiger partial charge < -0.3 is 11.1 Å². The minimum Gasteiger partial charge on any atom is -0.384 e. The number of benzene rings is 1. The first-order valence-electron chi connectivity index (χ1n) is 6.30. The number of rotatable bonds is 3. The third kappa shape index (κ3) is 2.71. The molecule has 5 heteroatoms. The number of nitrogens with one attached hydrogen (secondary N) is 1. The summed E-state index contributed by atoms with van der Waals surface area (Å²) in [7, 11) is 0. The van der Waals surface area contributed by atoms with E-state index >= 15 is 0 Å². The fourth-order valence-corrected chi connectivity index (χ4v) is 2.32. The Morgan fingerprint density at radius 1 is 1.32 bits per heavy atom. The Hall–Kier alpha value is -1.62. The van der Waals surface area contributed by atoms with Crippen LogP contribution in [0.3, 0.4) is 0 Å². The largest absolute Gasteiger partial charge is 0.384 e. The molecule has 0 spiro atoms. The Morgan fingerprint density at radius 3 is 2.84 bits per heavy atom. The molecule has 0 amide bonds. The Kier molecular flexibility index (Phi) is 3.14. The van der Waals surface area contributed by atoms with Crippen LogP contribution in [-0.2, 0) is 0 Å². The van der Waals surface area contributed by atoms with Gasteiger partial charge in [-0.05, 0) is 47.3 Å². The molecule has 0 atom stereocenters. The number of aromatic nitrogens is 2. The summed E-state index contributed by atoms with van der Waals surface area (Å²) >= 11 is 3.58. The first-order chi connectivity index (χ1) is 9.13. The number of hydrogen-bond donors (Lipinski definition) is 2. The summed E-state index contributed by atoms with van der Waals surface area (Å²) in [6, 6.07) is 7.83. The number of nitrogens with zero attached hydrogens (tertiary/aromatic N) is 2. The van der Waals surface area contributed by atoms with Crippen LogP contribution in [0.15, 0.2) is 28.7 Å². The summed E-state index contributed by atoms with van der Waals surface area (Å²) in [6.45, 7) is 2.05. The molecule has 3 N–H and O–H groups in total. The van der Waals surface area contributed by atoms with E-state index in [1.54, 1.807) is 6.07 Å². The van der Waals surface area contributed by atoms with Crippen LogP contribution >= 0.6 is 15.9 Å². The van der Waals surface area contributed by atoms with E-state index in [9.17, 15) is 0 Å². The van der Waals surface area contributed by atoms with E-state index in [1.807, 2.05) is 12.1 Å². The van der Waals surface area contributed by atoms with Crippen LogP contribution in [0.4, 0.5) is 17.3 Å². The molecule has 1 saturated carbocycles. The Morgan fingerprint density at radius 2 is 2.11 bits per heavy atom. The van der Waals surface area contributed by atoms with Crippen molar-refractivity contribution in [1.29, 1.82) is 0 Å². The molecule has 1 aromatic carbocycles. The topological polar surface area (TPSA) is 63.8 Å². The van der Waals surface area contributed by atoms with Gasteiger partial charge in [-0.2, -0.15) is 0 Å². The van der Waals surface area contributed by atoms with Crippen molar-refractivity contribution < 1.29 is 0 Å². The van der Waals surface area contributed by atoms with Gasteiger partial charge in [0.15, 0.2) is 0 Å². The van der Waals surface area contributed by atoms with Crippen molar-refractivity contribution >= 4 is 33.3 Å². The number of aryl methyl sites for hydroxylation is 1. The predicted octanol–water partition coefficient (Wildman–Crippen LogP) is 3.75. The van der Waals surface area contributed by atoms with Crippen LogP contribution in [-0.4, -0.2) is 9.97 Å². The van der Waals surface area contributed by atoms with Crippen LogP contribution in [0.5, 0.6) is 0 Å². The van der Waals surface area contributed by atoms with Gasteiger partial charge in [-0.15, -0.1) is 0 Å². The van der Waals surface area contributed by atoms with Crippen LogP contribution in [0.2, 0.25) is 0 Å². The number of nitrogen functional groups attached to an aromatic ring is 1. The third-order valence-corrected chi connectivity index (χ3v) is 4.21. The van der Waals surface area contributed by atoms with Gasteiger partial charge in [-0.1, -0.05) is 12.1 Å². The van der Waals surface area contributed by atoms with Crippen LogP contribution < -0.4 is 11.1 Å². The Balaban J connectivity index is 1.92. The van der Waals surface area contributed by atoms with E-state index in [2.05, 4.69) is 44.2 Å². The van der Waals surface area contributed by atoms with E-state index in [0.29, 0.717) is 11.7 Å². The van der Waals surface area contributed by atoms with Gasteiger partial charge in [-0.3, -0.25) is 0 Å². The molecule has 0 saturated heterocycles. The lowest BCUT2D eigenvalue weighted by atomic mass is 10.2. The average Bonchev–Trinajstić information content (AvgIpc) is 3.18. The maximum absolute atomic E-state index is 5.84. The zero-order valence-electron chi connectivity index (χ0n) is 10.7. The SMILES string of the molecule is Cc1cccc(Nc2cc(N)nc(C3CC3)n2)c1Br. The fraction of sp³-hybridized carbons (Fsp3) is 0.286. The molecule has 3 rings (SSSR count). The summed E-state index contributed by atoms with van der Waals surface area (Å²) in [6.07, 6.45) is 2.33. The van der Waals surface area contributed by atoms with Crippen molar-refractivity contribution in [3.05, 3.63) is 40.1 Å². The number of halogens is 1. The molecule has 1 heterocycles. The number of nitrogens with two attached hydrogens (primary N) is 1. The smallest absolute Gasteiger partial charge is 0.136 e. The molecule has 1 aromatic heterocycles. The van der Waals surface area contributed by atoms with Gasteiger partial charge in [0.25, 0.3) is 0 Å². The van der Waals surface area contributed by atoms with Gasteiger partial charge in [-0.25, -0.2) is 9.97 Å². The lowest BCUT2D eigenvalue weighted by Crippen LogP contribution is -2.03. The first-order valence-corrected chi connectivity index (χ1v) is 7.09. The van der Waals surface area contributed by atoms with Gasteiger partial charge in [0.2, 0.25) is 0 Å². The highest BCUT2D eigenvalue weighted by Gasteiger charge is 2.27. The highest BCUT2D eigenvalue weighted by atomic mass is 79.9. The summed E-state index contributed by atoms with van der Waals surface area (Å²) < 4.78 is 1.04. The quantitative estimate of drug-likeness (QED) is 0.904. The minimum absolute atomic E-state index is 0.491. The van der Waals surface area contributed by atoms with Crippen molar-refractivity contribution in [2.24, 2.45) is 0 Å². The van der Waals surface area contributed by atoms with Crippen molar-refractivity contribution in [2.75, 3.05) is 11.1 Å². The van der Waals surface area contributed by atoms with Gasteiger partial charge >= 0.3 is 0 Å².